The molecule has 3 aromatic rings. The smallest absolute Gasteiger partial charge is 0.251 e. The lowest BCUT2D eigenvalue weighted by molar-refractivity contribution is 0.0944. The molecule has 1 saturated heterocycles. The molecule has 1 aromatic heterocycles. The summed E-state index contributed by atoms with van der Waals surface area (Å²) in [5.41, 5.74) is 2.71. The van der Waals surface area contributed by atoms with Crippen LogP contribution in [-0.2, 0) is 6.54 Å². The highest BCUT2D eigenvalue weighted by Crippen LogP contribution is 2.20. The van der Waals surface area contributed by atoms with Crippen LogP contribution in [0.4, 0.5) is 5.82 Å². The van der Waals surface area contributed by atoms with Gasteiger partial charge < -0.3 is 20.5 Å². The Kier molecular flexibility index (Phi) is 6.94. The second-order valence-electron chi connectivity index (χ2n) is 8.27. The summed E-state index contributed by atoms with van der Waals surface area (Å²) in [6, 6.07) is 15.6. The van der Waals surface area contributed by atoms with E-state index >= 15 is 0 Å². The average molecular weight is 436 g/mol. The van der Waals surface area contributed by atoms with Crippen LogP contribution in [0.15, 0.2) is 48.5 Å². The highest BCUT2D eigenvalue weighted by atomic mass is 32.1. The summed E-state index contributed by atoms with van der Waals surface area (Å²) in [7, 11) is 0. The molecule has 1 aliphatic heterocycles. The topological polar surface area (TPSA) is 73.1 Å². The molecule has 2 aromatic carbocycles. The Labute approximate surface area is 188 Å². The van der Waals surface area contributed by atoms with Crippen molar-refractivity contribution >= 4 is 34.8 Å². The van der Waals surface area contributed by atoms with Crippen LogP contribution in [0.5, 0.6) is 0 Å². The quantitative estimate of drug-likeness (QED) is 0.481. The second kappa shape index (κ2) is 10.0. The highest BCUT2D eigenvalue weighted by molar-refractivity contribution is 7.71. The van der Waals surface area contributed by atoms with Crippen molar-refractivity contribution < 1.29 is 4.79 Å². The van der Waals surface area contributed by atoms with E-state index < -0.39 is 0 Å². The number of piperidine rings is 1. The van der Waals surface area contributed by atoms with Gasteiger partial charge in [-0.25, -0.2) is 4.98 Å². The van der Waals surface area contributed by atoms with E-state index in [1.807, 2.05) is 48.5 Å². The summed E-state index contributed by atoms with van der Waals surface area (Å²) in [4.78, 5) is 22.4. The summed E-state index contributed by atoms with van der Waals surface area (Å²) in [6.07, 6.45) is 2.51. The summed E-state index contributed by atoms with van der Waals surface area (Å²) in [5.74, 6) is 1.56. The molecule has 7 heteroatoms. The normalized spacial score (nSPS) is 15.1. The number of nitrogens with zero attached hydrogens (tertiary/aromatic N) is 2. The Morgan fingerprint density at radius 1 is 1.16 bits per heavy atom. The Morgan fingerprint density at radius 3 is 2.68 bits per heavy atom. The van der Waals surface area contributed by atoms with E-state index in [2.05, 4.69) is 32.4 Å². The van der Waals surface area contributed by atoms with Gasteiger partial charge in [0.1, 0.15) is 5.82 Å². The van der Waals surface area contributed by atoms with E-state index in [1.54, 1.807) is 0 Å². The van der Waals surface area contributed by atoms with E-state index in [-0.39, 0.29) is 5.91 Å². The molecule has 0 unspecified atom stereocenters. The molecule has 4 rings (SSSR count). The Bertz CT molecular complexity index is 1090. The van der Waals surface area contributed by atoms with E-state index in [0.717, 1.165) is 47.8 Å². The number of carbonyl (C=O) groups excluding carboxylic acids is 1. The highest BCUT2D eigenvalue weighted by Gasteiger charge is 2.15. The lowest BCUT2D eigenvalue weighted by Gasteiger charge is -2.30. The Balaban J connectivity index is 1.29. The maximum Gasteiger partial charge on any atom is 0.251 e. The zero-order valence-electron chi connectivity index (χ0n) is 17.9. The first kappa shape index (κ1) is 21.5. The maximum absolute atomic E-state index is 12.4. The van der Waals surface area contributed by atoms with Crippen molar-refractivity contribution in [1.29, 1.82) is 0 Å². The van der Waals surface area contributed by atoms with Crippen molar-refractivity contribution in [3.05, 3.63) is 64.4 Å². The van der Waals surface area contributed by atoms with Crippen LogP contribution in [0.1, 0.15) is 35.7 Å². The van der Waals surface area contributed by atoms with Gasteiger partial charge in [0, 0.05) is 30.6 Å². The minimum atomic E-state index is -0.0214. The van der Waals surface area contributed by atoms with Crippen LogP contribution in [-0.4, -0.2) is 47.0 Å². The van der Waals surface area contributed by atoms with Crippen LogP contribution in [0.25, 0.3) is 10.9 Å². The van der Waals surface area contributed by atoms with E-state index in [4.69, 9.17) is 12.2 Å². The molecular formula is C24H29N5OS. The number of carbonyl (C=O) groups is 1. The number of nitrogens with one attached hydrogen (secondary N) is 3. The SMILES string of the molecule is CC1CCN(CCNC(=O)c2ccc(CNc3nc(=S)[nH]c4ccccc34)cc2)CC1. The van der Waals surface area contributed by atoms with Crippen LogP contribution >= 0.6 is 12.2 Å². The number of benzene rings is 2. The molecule has 0 spiro atoms. The number of H-pyrrole nitrogens is 1. The number of likely N-dealkylation sites (tertiary alicyclic amines) is 1. The number of amides is 1. The van der Waals surface area contributed by atoms with Gasteiger partial charge in [-0.15, -0.1) is 0 Å². The van der Waals surface area contributed by atoms with Crippen molar-refractivity contribution in [3.63, 3.8) is 0 Å². The fourth-order valence-corrected chi connectivity index (χ4v) is 4.11. The van der Waals surface area contributed by atoms with Gasteiger partial charge in [0.2, 0.25) is 0 Å². The summed E-state index contributed by atoms with van der Waals surface area (Å²) in [5, 5.41) is 7.40. The van der Waals surface area contributed by atoms with Crippen LogP contribution in [0.3, 0.4) is 0 Å². The molecule has 162 valence electrons. The zero-order chi connectivity index (χ0) is 21.6. The van der Waals surface area contributed by atoms with Crippen molar-refractivity contribution in [2.75, 3.05) is 31.5 Å². The lowest BCUT2D eigenvalue weighted by Crippen LogP contribution is -2.39. The van der Waals surface area contributed by atoms with Gasteiger partial charge in [-0.05, 0) is 73.9 Å². The van der Waals surface area contributed by atoms with Gasteiger partial charge >= 0.3 is 0 Å². The van der Waals surface area contributed by atoms with Crippen LogP contribution < -0.4 is 10.6 Å². The van der Waals surface area contributed by atoms with Gasteiger partial charge in [0.05, 0.1) is 5.52 Å². The van der Waals surface area contributed by atoms with Crippen LogP contribution in [0.2, 0.25) is 0 Å². The molecule has 3 N–H and O–H groups in total. The second-order valence-corrected chi connectivity index (χ2v) is 8.65. The molecule has 0 aliphatic carbocycles. The van der Waals surface area contributed by atoms with Gasteiger partial charge in [0.25, 0.3) is 5.91 Å². The van der Waals surface area contributed by atoms with Crippen molar-refractivity contribution in [2.45, 2.75) is 26.3 Å². The molecule has 0 saturated carbocycles. The minimum Gasteiger partial charge on any atom is -0.365 e. The number of para-hydroxylation sites is 1. The third kappa shape index (κ3) is 5.68. The van der Waals surface area contributed by atoms with Gasteiger partial charge in [-0.1, -0.05) is 31.2 Å². The maximum atomic E-state index is 12.4. The lowest BCUT2D eigenvalue weighted by atomic mass is 9.99. The molecule has 0 atom stereocenters. The van der Waals surface area contributed by atoms with Crippen LogP contribution in [0, 0.1) is 10.7 Å². The number of aromatic nitrogens is 2. The molecular weight excluding hydrogens is 406 g/mol. The first-order chi connectivity index (χ1) is 15.1. The number of anilines is 1. The third-order valence-corrected chi connectivity index (χ3v) is 6.10. The van der Waals surface area contributed by atoms with Crippen molar-refractivity contribution in [1.82, 2.24) is 20.2 Å². The number of rotatable bonds is 7. The first-order valence-electron chi connectivity index (χ1n) is 10.9. The Hall–Kier alpha value is -2.77. The standard InChI is InChI=1S/C24H29N5OS/c1-17-10-13-29(14-11-17)15-12-25-23(30)19-8-6-18(7-9-19)16-26-22-20-4-2-3-5-21(20)27-24(31)28-22/h2-9,17H,10-16H2,1H3,(H,25,30)(H2,26,27,28,31). The molecule has 0 bridgehead atoms. The van der Waals surface area contributed by atoms with Crippen molar-refractivity contribution in [2.24, 2.45) is 5.92 Å². The summed E-state index contributed by atoms with van der Waals surface area (Å²) in [6.45, 7) is 6.78. The van der Waals surface area contributed by atoms with Gasteiger partial charge in [0.15, 0.2) is 4.77 Å². The van der Waals surface area contributed by atoms with Crippen molar-refractivity contribution in [3.8, 4) is 0 Å². The monoisotopic (exact) mass is 435 g/mol. The zero-order valence-corrected chi connectivity index (χ0v) is 18.7. The Morgan fingerprint density at radius 2 is 1.90 bits per heavy atom. The van der Waals surface area contributed by atoms with E-state index in [9.17, 15) is 4.79 Å². The number of aromatic amines is 1. The molecule has 1 amide bonds. The molecule has 1 fully saturated rings. The van der Waals surface area contributed by atoms with Gasteiger partial charge in [-0.3, -0.25) is 4.79 Å². The first-order valence-corrected chi connectivity index (χ1v) is 11.3. The minimum absolute atomic E-state index is 0.0214. The molecule has 2 heterocycles. The summed E-state index contributed by atoms with van der Waals surface area (Å²) < 4.78 is 0.451. The molecule has 1 aliphatic rings. The van der Waals surface area contributed by atoms with E-state index in [1.165, 1.54) is 12.8 Å². The predicted octanol–water partition coefficient (Wildman–Crippen LogP) is 4.37. The average Bonchev–Trinajstić information content (AvgIpc) is 2.79. The molecule has 0 radical (unpaired) electrons. The number of hydrogen-bond donors (Lipinski definition) is 3. The predicted molar refractivity (Wildman–Crippen MR) is 128 cm³/mol. The largest absolute Gasteiger partial charge is 0.365 e. The number of fused-ring (bicyclic) bond motifs is 1. The fourth-order valence-electron chi connectivity index (χ4n) is 3.91. The van der Waals surface area contributed by atoms with E-state index in [0.29, 0.717) is 23.4 Å². The van der Waals surface area contributed by atoms with Gasteiger partial charge in [-0.2, -0.15) is 0 Å². The third-order valence-electron chi connectivity index (χ3n) is 5.90. The summed E-state index contributed by atoms with van der Waals surface area (Å²) >= 11 is 5.23. The molecule has 6 nitrogen and oxygen atoms in total. The fraction of sp³-hybridized carbons (Fsp3) is 0.375. The number of hydrogen-bond acceptors (Lipinski definition) is 5. The molecule has 31 heavy (non-hydrogen) atoms.